The fourth-order valence-corrected chi connectivity index (χ4v) is 3.39. The van der Waals surface area contributed by atoms with E-state index < -0.39 is 5.97 Å². The minimum Gasteiger partial charge on any atom is -0.481 e. The number of hydrogen-bond donors (Lipinski definition) is 3. The van der Waals surface area contributed by atoms with E-state index in [1.165, 1.54) is 25.7 Å². The second-order valence-electron chi connectivity index (χ2n) is 6.01. The molecule has 1 aliphatic carbocycles. The van der Waals surface area contributed by atoms with Crippen molar-refractivity contribution in [1.82, 2.24) is 10.2 Å². The van der Waals surface area contributed by atoms with Crippen LogP contribution < -0.4 is 5.32 Å². The van der Waals surface area contributed by atoms with E-state index in [9.17, 15) is 9.90 Å². The van der Waals surface area contributed by atoms with E-state index in [-0.39, 0.29) is 18.6 Å². The minimum absolute atomic E-state index is 0.0989. The molecule has 0 aromatic carbocycles. The first-order valence-corrected chi connectivity index (χ1v) is 7.48. The van der Waals surface area contributed by atoms with Crippen molar-refractivity contribution in [3.8, 4) is 0 Å². The van der Waals surface area contributed by atoms with Crippen LogP contribution in [0.1, 0.15) is 32.1 Å². The van der Waals surface area contributed by atoms with Crippen molar-refractivity contribution in [3.05, 3.63) is 0 Å². The average Bonchev–Trinajstić information content (AvgIpc) is 2.89. The largest absolute Gasteiger partial charge is 0.481 e. The van der Waals surface area contributed by atoms with Gasteiger partial charge in [0, 0.05) is 25.7 Å². The second-order valence-corrected chi connectivity index (χ2v) is 6.01. The van der Waals surface area contributed by atoms with Crippen molar-refractivity contribution in [3.63, 3.8) is 0 Å². The van der Waals surface area contributed by atoms with Crippen LogP contribution in [-0.2, 0) is 4.79 Å². The fourth-order valence-electron chi connectivity index (χ4n) is 3.39. The van der Waals surface area contributed by atoms with Gasteiger partial charge in [0.05, 0.1) is 12.5 Å². The van der Waals surface area contributed by atoms with E-state index in [0.29, 0.717) is 19.5 Å². The van der Waals surface area contributed by atoms with E-state index >= 15 is 0 Å². The van der Waals surface area contributed by atoms with Crippen molar-refractivity contribution in [2.75, 3.05) is 32.8 Å². The zero-order chi connectivity index (χ0) is 13.7. The Morgan fingerprint density at radius 3 is 2.63 bits per heavy atom. The maximum atomic E-state index is 11.2. The average molecular weight is 270 g/mol. The molecule has 2 rings (SSSR count). The zero-order valence-electron chi connectivity index (χ0n) is 11.6. The molecule has 1 saturated heterocycles. The van der Waals surface area contributed by atoms with Gasteiger partial charge < -0.3 is 15.5 Å². The molecule has 5 nitrogen and oxygen atoms in total. The van der Waals surface area contributed by atoms with Gasteiger partial charge in [0.15, 0.2) is 0 Å². The molecule has 0 bridgehead atoms. The Bertz CT molecular complexity index is 292. The van der Waals surface area contributed by atoms with Crippen molar-refractivity contribution in [1.29, 1.82) is 0 Å². The van der Waals surface area contributed by atoms with Crippen LogP contribution in [0.3, 0.4) is 0 Å². The Hall–Kier alpha value is -0.650. The molecule has 0 aromatic rings. The highest BCUT2D eigenvalue weighted by Gasteiger charge is 2.31. The molecule has 2 atom stereocenters. The second kappa shape index (κ2) is 7.22. The summed E-state index contributed by atoms with van der Waals surface area (Å²) < 4.78 is 0. The maximum absolute atomic E-state index is 11.2. The number of carboxylic acids is 1. The molecule has 110 valence electrons. The normalized spacial score (nSPS) is 29.7. The Labute approximate surface area is 115 Å². The molecule has 3 N–H and O–H groups in total. The summed E-state index contributed by atoms with van der Waals surface area (Å²) in [4.78, 5) is 13.3. The van der Waals surface area contributed by atoms with Crippen LogP contribution in [0.25, 0.3) is 0 Å². The van der Waals surface area contributed by atoms with Crippen molar-refractivity contribution < 1.29 is 15.0 Å². The Morgan fingerprint density at radius 1 is 1.26 bits per heavy atom. The number of piperidine rings is 1. The van der Waals surface area contributed by atoms with Gasteiger partial charge in [0.1, 0.15) is 0 Å². The first-order chi connectivity index (χ1) is 9.19. The lowest BCUT2D eigenvalue weighted by atomic mass is 9.93. The van der Waals surface area contributed by atoms with Crippen LogP contribution in [0.2, 0.25) is 0 Å². The lowest BCUT2D eigenvalue weighted by Gasteiger charge is -2.36. The number of hydrogen-bond acceptors (Lipinski definition) is 4. The summed E-state index contributed by atoms with van der Waals surface area (Å²) in [7, 11) is 0. The number of rotatable bonds is 6. The number of nitrogens with one attached hydrogen (secondary N) is 1. The summed E-state index contributed by atoms with van der Waals surface area (Å²) in [5.74, 6) is -0.242. The summed E-state index contributed by atoms with van der Waals surface area (Å²) in [6.07, 6.45) is 6.01. The SMILES string of the molecule is O=C(O)C1CC(NCC2CCCC2)CN(CCO)C1. The molecule has 0 spiro atoms. The summed E-state index contributed by atoms with van der Waals surface area (Å²) in [5, 5.41) is 21.8. The molecule has 2 unspecified atom stereocenters. The third kappa shape index (κ3) is 4.44. The molecule has 2 aliphatic rings. The quantitative estimate of drug-likeness (QED) is 0.657. The van der Waals surface area contributed by atoms with Gasteiger partial charge in [-0.15, -0.1) is 0 Å². The molecule has 2 fully saturated rings. The monoisotopic (exact) mass is 270 g/mol. The van der Waals surface area contributed by atoms with Gasteiger partial charge in [-0.2, -0.15) is 0 Å². The van der Waals surface area contributed by atoms with Gasteiger partial charge in [-0.3, -0.25) is 9.69 Å². The third-order valence-electron chi connectivity index (χ3n) is 4.46. The van der Waals surface area contributed by atoms with Crippen LogP contribution in [0.4, 0.5) is 0 Å². The standard InChI is InChI=1S/C14H26N2O3/c17-6-5-16-9-12(14(18)19)7-13(10-16)15-8-11-3-1-2-4-11/h11-13,15,17H,1-10H2,(H,18,19). The van der Waals surface area contributed by atoms with E-state index in [0.717, 1.165) is 19.0 Å². The summed E-state index contributed by atoms with van der Waals surface area (Å²) in [6, 6.07) is 0.252. The van der Waals surface area contributed by atoms with Gasteiger partial charge in [0.2, 0.25) is 0 Å². The van der Waals surface area contributed by atoms with Gasteiger partial charge in [-0.25, -0.2) is 0 Å². The Balaban J connectivity index is 1.81. The van der Waals surface area contributed by atoms with E-state index in [1.54, 1.807) is 0 Å². The number of β-amino-alcohol motifs (C(OH)–C–C–N with tert-alkyl or cyclic N) is 1. The van der Waals surface area contributed by atoms with Crippen LogP contribution in [-0.4, -0.2) is 59.9 Å². The van der Waals surface area contributed by atoms with Crippen molar-refractivity contribution in [2.24, 2.45) is 11.8 Å². The van der Waals surface area contributed by atoms with Crippen molar-refractivity contribution in [2.45, 2.75) is 38.1 Å². The molecule has 1 heterocycles. The number of aliphatic hydroxyl groups excluding tert-OH is 1. The molecule has 0 radical (unpaired) electrons. The first kappa shape index (κ1) is 14.8. The molecular formula is C14H26N2O3. The van der Waals surface area contributed by atoms with E-state index in [2.05, 4.69) is 10.2 Å². The smallest absolute Gasteiger partial charge is 0.307 e. The molecule has 0 aromatic heterocycles. The van der Waals surface area contributed by atoms with Gasteiger partial charge >= 0.3 is 5.97 Å². The van der Waals surface area contributed by atoms with Gasteiger partial charge in [-0.1, -0.05) is 12.8 Å². The number of likely N-dealkylation sites (tertiary alicyclic amines) is 1. The number of nitrogens with zero attached hydrogens (tertiary/aromatic N) is 1. The maximum Gasteiger partial charge on any atom is 0.307 e. The number of aliphatic hydroxyl groups is 1. The summed E-state index contributed by atoms with van der Waals surface area (Å²) in [6.45, 7) is 3.12. The predicted octanol–water partition coefficient (Wildman–Crippen LogP) is 0.534. The highest BCUT2D eigenvalue weighted by Crippen LogP contribution is 2.24. The lowest BCUT2D eigenvalue weighted by Crippen LogP contribution is -2.52. The number of carboxylic acid groups (broad SMARTS) is 1. The predicted molar refractivity (Wildman–Crippen MR) is 73.0 cm³/mol. The molecule has 0 amide bonds. The third-order valence-corrected chi connectivity index (χ3v) is 4.46. The molecular weight excluding hydrogens is 244 g/mol. The number of carbonyl (C=O) groups is 1. The highest BCUT2D eigenvalue weighted by atomic mass is 16.4. The molecule has 1 aliphatic heterocycles. The Morgan fingerprint density at radius 2 is 2.00 bits per heavy atom. The molecule has 5 heteroatoms. The highest BCUT2D eigenvalue weighted by molar-refractivity contribution is 5.70. The summed E-state index contributed by atoms with van der Waals surface area (Å²) >= 11 is 0. The van der Waals surface area contributed by atoms with Crippen LogP contribution in [0.5, 0.6) is 0 Å². The van der Waals surface area contributed by atoms with Crippen LogP contribution in [0, 0.1) is 11.8 Å². The van der Waals surface area contributed by atoms with Crippen LogP contribution >= 0.6 is 0 Å². The van der Waals surface area contributed by atoms with E-state index in [1.807, 2.05) is 0 Å². The van der Waals surface area contributed by atoms with Gasteiger partial charge in [-0.05, 0) is 31.7 Å². The Kier molecular flexibility index (Phi) is 5.60. The molecule has 1 saturated carbocycles. The fraction of sp³-hybridized carbons (Fsp3) is 0.929. The van der Waals surface area contributed by atoms with Crippen LogP contribution in [0.15, 0.2) is 0 Å². The minimum atomic E-state index is -0.713. The lowest BCUT2D eigenvalue weighted by molar-refractivity contribution is -0.144. The van der Waals surface area contributed by atoms with Crippen molar-refractivity contribution >= 4 is 5.97 Å². The van der Waals surface area contributed by atoms with E-state index in [4.69, 9.17) is 5.11 Å². The topological polar surface area (TPSA) is 72.8 Å². The van der Waals surface area contributed by atoms with Gasteiger partial charge in [0.25, 0.3) is 0 Å². The molecule has 19 heavy (non-hydrogen) atoms. The number of aliphatic carboxylic acids is 1. The first-order valence-electron chi connectivity index (χ1n) is 7.48. The summed E-state index contributed by atoms with van der Waals surface area (Å²) in [5.41, 5.74) is 0. The zero-order valence-corrected chi connectivity index (χ0v) is 11.6.